The van der Waals surface area contributed by atoms with Crippen molar-refractivity contribution >= 4 is 5.97 Å². The summed E-state index contributed by atoms with van der Waals surface area (Å²) >= 11 is 0. The Labute approximate surface area is 122 Å². The molecule has 116 valence electrons. The molecule has 4 heteroatoms. The molecule has 0 spiro atoms. The van der Waals surface area contributed by atoms with Gasteiger partial charge in [-0.25, -0.2) is 0 Å². The first kappa shape index (κ1) is 15.8. The maximum Gasteiger partial charge on any atom is 0.308 e. The molecule has 0 aromatic heterocycles. The summed E-state index contributed by atoms with van der Waals surface area (Å²) in [6.07, 6.45) is 5.81. The maximum atomic E-state index is 11.6. The topological polar surface area (TPSA) is 49.8 Å². The third-order valence-electron chi connectivity index (χ3n) is 4.86. The van der Waals surface area contributed by atoms with Crippen LogP contribution < -0.4 is 0 Å². The minimum Gasteiger partial charge on any atom is -0.481 e. The first-order valence-electron chi connectivity index (χ1n) is 8.13. The van der Waals surface area contributed by atoms with Gasteiger partial charge >= 0.3 is 5.97 Å². The fraction of sp³-hybridized carbons (Fsp3) is 0.938. The molecule has 4 nitrogen and oxygen atoms in total. The molecule has 20 heavy (non-hydrogen) atoms. The minimum absolute atomic E-state index is 0.194. The molecule has 1 N–H and O–H groups in total. The van der Waals surface area contributed by atoms with Crippen molar-refractivity contribution < 1.29 is 14.6 Å². The Morgan fingerprint density at radius 2 is 1.90 bits per heavy atom. The first-order valence-corrected chi connectivity index (χ1v) is 8.13. The fourth-order valence-corrected chi connectivity index (χ4v) is 4.08. The lowest BCUT2D eigenvalue weighted by Crippen LogP contribution is -2.55. The molecule has 1 aliphatic carbocycles. The highest BCUT2D eigenvalue weighted by Crippen LogP contribution is 2.36. The van der Waals surface area contributed by atoms with Crippen LogP contribution in [0.5, 0.6) is 0 Å². The van der Waals surface area contributed by atoms with E-state index >= 15 is 0 Å². The van der Waals surface area contributed by atoms with E-state index in [2.05, 4.69) is 25.7 Å². The number of ether oxygens (including phenoxy) is 1. The molecule has 0 radical (unpaired) electrons. The standard InChI is InChI=1S/C16H29NO3/c1-4-5-13-6-7-14(16(18)19)15(8-13)17-9-11(2)20-12(3)10-17/h11-15H,4-10H2,1-3H3,(H,18,19). The molecule has 1 saturated carbocycles. The summed E-state index contributed by atoms with van der Waals surface area (Å²) in [6, 6.07) is 0.201. The third kappa shape index (κ3) is 3.73. The summed E-state index contributed by atoms with van der Waals surface area (Å²) in [5, 5.41) is 9.53. The Kier molecular flexibility index (Phi) is 5.44. The van der Waals surface area contributed by atoms with Crippen LogP contribution in [0.25, 0.3) is 0 Å². The van der Waals surface area contributed by atoms with Crippen LogP contribution in [0.3, 0.4) is 0 Å². The molecule has 2 fully saturated rings. The third-order valence-corrected chi connectivity index (χ3v) is 4.86. The number of aliphatic carboxylic acids is 1. The van der Waals surface area contributed by atoms with Crippen LogP contribution in [0, 0.1) is 11.8 Å². The summed E-state index contributed by atoms with van der Waals surface area (Å²) in [5.41, 5.74) is 0. The van der Waals surface area contributed by atoms with Gasteiger partial charge in [0, 0.05) is 19.1 Å². The van der Waals surface area contributed by atoms with Gasteiger partial charge in [-0.1, -0.05) is 19.8 Å². The second-order valence-electron chi connectivity index (χ2n) is 6.69. The van der Waals surface area contributed by atoms with Crippen LogP contribution >= 0.6 is 0 Å². The predicted octanol–water partition coefficient (Wildman–Crippen LogP) is 2.77. The van der Waals surface area contributed by atoms with Gasteiger partial charge in [-0.05, 0) is 39.0 Å². The average Bonchev–Trinajstić information content (AvgIpc) is 2.37. The van der Waals surface area contributed by atoms with Crippen molar-refractivity contribution in [2.75, 3.05) is 13.1 Å². The molecule has 2 rings (SSSR count). The van der Waals surface area contributed by atoms with Crippen LogP contribution in [0.15, 0.2) is 0 Å². The van der Waals surface area contributed by atoms with Crippen LogP contribution in [0.2, 0.25) is 0 Å². The lowest BCUT2D eigenvalue weighted by Gasteiger charge is -2.45. The maximum absolute atomic E-state index is 11.6. The predicted molar refractivity (Wildman–Crippen MR) is 78.7 cm³/mol. The summed E-state index contributed by atoms with van der Waals surface area (Å²) in [5.74, 6) is -0.105. The van der Waals surface area contributed by atoms with E-state index < -0.39 is 5.97 Å². The molecular formula is C16H29NO3. The Morgan fingerprint density at radius 1 is 1.25 bits per heavy atom. The van der Waals surface area contributed by atoms with E-state index in [0.29, 0.717) is 5.92 Å². The molecule has 0 bridgehead atoms. The fourth-order valence-electron chi connectivity index (χ4n) is 4.08. The number of nitrogens with zero attached hydrogens (tertiary/aromatic N) is 1. The molecule has 5 unspecified atom stereocenters. The van der Waals surface area contributed by atoms with Crippen molar-refractivity contribution in [1.29, 1.82) is 0 Å². The molecule has 1 aliphatic heterocycles. The van der Waals surface area contributed by atoms with Crippen LogP contribution in [0.4, 0.5) is 0 Å². The molecule has 2 aliphatic rings. The zero-order valence-electron chi connectivity index (χ0n) is 13.0. The number of carbonyl (C=O) groups is 1. The van der Waals surface area contributed by atoms with Crippen LogP contribution in [0.1, 0.15) is 52.9 Å². The van der Waals surface area contributed by atoms with Gasteiger partial charge in [0.15, 0.2) is 0 Å². The van der Waals surface area contributed by atoms with Crippen molar-refractivity contribution in [3.8, 4) is 0 Å². The highest BCUT2D eigenvalue weighted by molar-refractivity contribution is 5.71. The molecule has 0 amide bonds. The summed E-state index contributed by atoms with van der Waals surface area (Å²) < 4.78 is 5.79. The monoisotopic (exact) mass is 283 g/mol. The summed E-state index contributed by atoms with van der Waals surface area (Å²) in [6.45, 7) is 8.14. The van der Waals surface area contributed by atoms with Crippen molar-refractivity contribution in [3.05, 3.63) is 0 Å². The molecule has 1 saturated heterocycles. The molecule has 0 aromatic carbocycles. The van der Waals surface area contributed by atoms with E-state index in [0.717, 1.165) is 32.4 Å². The second-order valence-corrected chi connectivity index (χ2v) is 6.69. The highest BCUT2D eigenvalue weighted by atomic mass is 16.5. The smallest absolute Gasteiger partial charge is 0.308 e. The van der Waals surface area contributed by atoms with Crippen molar-refractivity contribution in [3.63, 3.8) is 0 Å². The number of carboxylic acid groups (broad SMARTS) is 1. The second kappa shape index (κ2) is 6.90. The molecule has 1 heterocycles. The van der Waals surface area contributed by atoms with Gasteiger partial charge in [0.25, 0.3) is 0 Å². The number of carboxylic acids is 1. The SMILES string of the molecule is CCCC1CCC(C(=O)O)C(N2CC(C)OC(C)C2)C1. The van der Waals surface area contributed by atoms with E-state index in [9.17, 15) is 9.90 Å². The number of hydrogen-bond acceptors (Lipinski definition) is 3. The van der Waals surface area contributed by atoms with E-state index in [1.54, 1.807) is 0 Å². The van der Waals surface area contributed by atoms with Gasteiger partial charge in [0.05, 0.1) is 18.1 Å². The van der Waals surface area contributed by atoms with Gasteiger partial charge in [-0.15, -0.1) is 0 Å². The first-order chi connectivity index (χ1) is 9.51. The van der Waals surface area contributed by atoms with Gasteiger partial charge in [-0.3, -0.25) is 9.69 Å². The Bertz CT molecular complexity index is 324. The lowest BCUT2D eigenvalue weighted by molar-refractivity contribution is -0.150. The van der Waals surface area contributed by atoms with Crippen molar-refractivity contribution in [2.45, 2.75) is 71.1 Å². The van der Waals surface area contributed by atoms with Gasteiger partial charge in [-0.2, -0.15) is 0 Å². The van der Waals surface area contributed by atoms with Crippen molar-refractivity contribution in [1.82, 2.24) is 4.90 Å². The lowest BCUT2D eigenvalue weighted by atomic mass is 9.75. The van der Waals surface area contributed by atoms with E-state index in [4.69, 9.17) is 4.74 Å². The quantitative estimate of drug-likeness (QED) is 0.862. The summed E-state index contributed by atoms with van der Waals surface area (Å²) in [4.78, 5) is 14.0. The van der Waals surface area contributed by atoms with E-state index in [1.165, 1.54) is 12.8 Å². The zero-order valence-corrected chi connectivity index (χ0v) is 13.0. The van der Waals surface area contributed by atoms with Gasteiger partial charge in [0.2, 0.25) is 0 Å². The minimum atomic E-state index is -0.614. The Balaban J connectivity index is 2.07. The number of rotatable bonds is 4. The number of morpholine rings is 1. The normalized spacial score (nSPS) is 39.6. The van der Waals surface area contributed by atoms with Crippen LogP contribution in [-0.4, -0.2) is 47.3 Å². The zero-order chi connectivity index (χ0) is 14.7. The molecular weight excluding hydrogens is 254 g/mol. The summed E-state index contributed by atoms with van der Waals surface area (Å²) in [7, 11) is 0. The average molecular weight is 283 g/mol. The number of hydrogen-bond donors (Lipinski definition) is 1. The largest absolute Gasteiger partial charge is 0.481 e. The molecule has 0 aromatic rings. The van der Waals surface area contributed by atoms with Crippen molar-refractivity contribution in [2.24, 2.45) is 11.8 Å². The van der Waals surface area contributed by atoms with Gasteiger partial charge < -0.3 is 9.84 Å². The van der Waals surface area contributed by atoms with E-state index in [-0.39, 0.29) is 24.2 Å². The Morgan fingerprint density at radius 3 is 2.45 bits per heavy atom. The van der Waals surface area contributed by atoms with E-state index in [1.807, 2.05) is 0 Å². The highest BCUT2D eigenvalue weighted by Gasteiger charge is 2.40. The Hall–Kier alpha value is -0.610. The molecule has 5 atom stereocenters. The van der Waals surface area contributed by atoms with Gasteiger partial charge in [0.1, 0.15) is 0 Å². The van der Waals surface area contributed by atoms with Crippen LogP contribution in [-0.2, 0) is 9.53 Å².